The predicted molar refractivity (Wildman–Crippen MR) is 105 cm³/mol. The van der Waals surface area contributed by atoms with Crippen molar-refractivity contribution in [3.05, 3.63) is 41.5 Å². The summed E-state index contributed by atoms with van der Waals surface area (Å²) in [4.78, 5) is 12.5. The fraction of sp³-hybridized carbons (Fsp3) is 0.300. The highest BCUT2D eigenvalue weighted by Gasteiger charge is 2.17. The number of rotatable bonds is 8. The van der Waals surface area contributed by atoms with Crippen LogP contribution < -0.4 is 29.1 Å². The summed E-state index contributed by atoms with van der Waals surface area (Å²) in [5.41, 5.74) is 4.14. The summed E-state index contributed by atoms with van der Waals surface area (Å²) in [5.74, 6) is 1.99. The summed E-state index contributed by atoms with van der Waals surface area (Å²) in [6.45, 7) is 1.76. The van der Waals surface area contributed by atoms with Crippen molar-refractivity contribution in [2.45, 2.75) is 6.92 Å². The predicted octanol–water partition coefficient (Wildman–Crippen LogP) is 2.88. The molecule has 0 aliphatic carbocycles. The van der Waals surface area contributed by atoms with Crippen LogP contribution in [-0.4, -0.2) is 47.2 Å². The first-order chi connectivity index (χ1) is 13.5. The van der Waals surface area contributed by atoms with Gasteiger partial charge in [-0.15, -0.1) is 0 Å². The third kappa shape index (κ3) is 4.46. The van der Waals surface area contributed by atoms with Crippen LogP contribution in [0.1, 0.15) is 22.8 Å². The monoisotopic (exact) mass is 388 g/mol. The molecule has 0 spiro atoms. The van der Waals surface area contributed by atoms with Crippen LogP contribution in [0.5, 0.6) is 28.7 Å². The number of methoxy groups -OCH3 is 5. The second-order valence-electron chi connectivity index (χ2n) is 5.62. The Morgan fingerprint density at radius 3 is 1.93 bits per heavy atom. The molecule has 2 rings (SSSR count). The van der Waals surface area contributed by atoms with E-state index in [-0.39, 0.29) is 0 Å². The number of ether oxygens (including phenoxy) is 5. The minimum Gasteiger partial charge on any atom is -0.497 e. The molecule has 0 radical (unpaired) electrons. The number of carbonyl (C=O) groups is 1. The number of hydrazone groups is 1. The largest absolute Gasteiger partial charge is 0.497 e. The van der Waals surface area contributed by atoms with E-state index >= 15 is 0 Å². The average molecular weight is 388 g/mol. The van der Waals surface area contributed by atoms with Crippen LogP contribution in [0.2, 0.25) is 0 Å². The molecule has 0 aliphatic heterocycles. The Kier molecular flexibility index (Phi) is 7.08. The minimum atomic E-state index is -0.425. The molecule has 0 fully saturated rings. The molecule has 1 amide bonds. The molecule has 28 heavy (non-hydrogen) atoms. The molecule has 0 bridgehead atoms. The average Bonchev–Trinajstić information content (AvgIpc) is 2.75. The van der Waals surface area contributed by atoms with Crippen LogP contribution in [0.3, 0.4) is 0 Å². The summed E-state index contributed by atoms with van der Waals surface area (Å²) in [6, 6.07) is 8.44. The van der Waals surface area contributed by atoms with Gasteiger partial charge < -0.3 is 23.7 Å². The molecule has 8 heteroatoms. The molecule has 1 N–H and O–H groups in total. The van der Waals surface area contributed by atoms with Crippen molar-refractivity contribution in [1.82, 2.24) is 5.43 Å². The first-order valence-electron chi connectivity index (χ1n) is 8.36. The maximum Gasteiger partial charge on any atom is 0.271 e. The molecule has 0 aromatic heterocycles. The summed E-state index contributed by atoms with van der Waals surface area (Å²) in [6.07, 6.45) is 0. The van der Waals surface area contributed by atoms with Crippen molar-refractivity contribution in [3.8, 4) is 28.7 Å². The highest BCUT2D eigenvalue weighted by Crippen LogP contribution is 2.38. The van der Waals surface area contributed by atoms with Crippen LogP contribution in [0.15, 0.2) is 35.4 Å². The van der Waals surface area contributed by atoms with Gasteiger partial charge in [0, 0.05) is 17.2 Å². The first kappa shape index (κ1) is 20.9. The highest BCUT2D eigenvalue weighted by atomic mass is 16.5. The standard InChI is InChI=1S/C20H24N2O6/c1-12(15-8-7-14(24-2)11-16(15)25-3)21-22-20(23)13-9-17(26-4)19(28-6)18(10-13)27-5/h7-11H,1-6H3,(H,22,23)/b21-12+. The Bertz CT molecular complexity index is 854. The molecule has 2 aromatic rings. The van der Waals surface area contributed by atoms with Crippen molar-refractivity contribution in [2.24, 2.45) is 5.10 Å². The van der Waals surface area contributed by atoms with Gasteiger partial charge in [0.1, 0.15) is 11.5 Å². The Morgan fingerprint density at radius 1 is 0.821 bits per heavy atom. The summed E-state index contributed by atoms with van der Waals surface area (Å²) in [5, 5.41) is 4.17. The van der Waals surface area contributed by atoms with E-state index in [1.54, 1.807) is 45.4 Å². The molecular weight excluding hydrogens is 364 g/mol. The highest BCUT2D eigenvalue weighted by molar-refractivity contribution is 6.03. The van der Waals surface area contributed by atoms with E-state index in [9.17, 15) is 4.79 Å². The first-order valence-corrected chi connectivity index (χ1v) is 8.36. The maximum absolute atomic E-state index is 12.5. The molecule has 0 unspecified atom stereocenters. The van der Waals surface area contributed by atoms with E-state index in [0.29, 0.717) is 40.0 Å². The fourth-order valence-corrected chi connectivity index (χ4v) is 2.57. The molecule has 2 aromatic carbocycles. The van der Waals surface area contributed by atoms with E-state index < -0.39 is 5.91 Å². The van der Waals surface area contributed by atoms with Gasteiger partial charge in [0.15, 0.2) is 11.5 Å². The minimum absolute atomic E-state index is 0.313. The number of benzene rings is 2. The summed E-state index contributed by atoms with van der Waals surface area (Å²) < 4.78 is 26.3. The second kappa shape index (κ2) is 9.50. The van der Waals surface area contributed by atoms with Gasteiger partial charge in [0.25, 0.3) is 5.91 Å². The van der Waals surface area contributed by atoms with Crippen molar-refractivity contribution < 1.29 is 28.5 Å². The molecule has 150 valence electrons. The van der Waals surface area contributed by atoms with Gasteiger partial charge in [0.2, 0.25) is 5.75 Å². The Labute approximate surface area is 164 Å². The van der Waals surface area contributed by atoms with Crippen LogP contribution in [0.25, 0.3) is 0 Å². The second-order valence-corrected chi connectivity index (χ2v) is 5.62. The zero-order valence-electron chi connectivity index (χ0n) is 16.8. The lowest BCUT2D eigenvalue weighted by molar-refractivity contribution is 0.0954. The van der Waals surface area contributed by atoms with Crippen LogP contribution in [0, 0.1) is 0 Å². The Morgan fingerprint density at radius 2 is 1.43 bits per heavy atom. The van der Waals surface area contributed by atoms with Gasteiger partial charge >= 0.3 is 0 Å². The normalized spacial score (nSPS) is 10.9. The van der Waals surface area contributed by atoms with E-state index in [1.165, 1.54) is 21.3 Å². The van der Waals surface area contributed by atoms with Gasteiger partial charge in [-0.1, -0.05) is 0 Å². The number of carbonyl (C=O) groups excluding carboxylic acids is 1. The van der Waals surface area contributed by atoms with Gasteiger partial charge in [-0.05, 0) is 31.2 Å². The van der Waals surface area contributed by atoms with E-state index in [1.807, 2.05) is 6.07 Å². The summed E-state index contributed by atoms with van der Waals surface area (Å²) in [7, 11) is 7.59. The van der Waals surface area contributed by atoms with E-state index in [0.717, 1.165) is 5.56 Å². The molecule has 0 aliphatic rings. The Balaban J connectivity index is 2.28. The SMILES string of the molecule is COc1ccc(/C(C)=N/NC(=O)c2cc(OC)c(OC)c(OC)c2)c(OC)c1. The van der Waals surface area contributed by atoms with Crippen molar-refractivity contribution in [1.29, 1.82) is 0 Å². The number of hydrogen-bond donors (Lipinski definition) is 1. The zero-order chi connectivity index (χ0) is 20.7. The van der Waals surface area contributed by atoms with Crippen molar-refractivity contribution >= 4 is 11.6 Å². The summed E-state index contributed by atoms with van der Waals surface area (Å²) >= 11 is 0. The molecule has 0 heterocycles. The molecule has 0 saturated heterocycles. The van der Waals surface area contributed by atoms with Gasteiger partial charge in [0.05, 0.1) is 41.3 Å². The lowest BCUT2D eigenvalue weighted by atomic mass is 10.1. The van der Waals surface area contributed by atoms with Crippen LogP contribution in [-0.2, 0) is 0 Å². The van der Waals surface area contributed by atoms with Crippen LogP contribution >= 0.6 is 0 Å². The lowest BCUT2D eigenvalue weighted by Crippen LogP contribution is -2.19. The number of hydrogen-bond acceptors (Lipinski definition) is 7. The lowest BCUT2D eigenvalue weighted by Gasteiger charge is -2.13. The van der Waals surface area contributed by atoms with Crippen LogP contribution in [0.4, 0.5) is 0 Å². The van der Waals surface area contributed by atoms with Crippen molar-refractivity contribution in [3.63, 3.8) is 0 Å². The fourth-order valence-electron chi connectivity index (χ4n) is 2.57. The Hall–Kier alpha value is -3.42. The smallest absolute Gasteiger partial charge is 0.271 e. The van der Waals surface area contributed by atoms with Gasteiger partial charge in [-0.2, -0.15) is 5.10 Å². The van der Waals surface area contributed by atoms with Crippen molar-refractivity contribution in [2.75, 3.05) is 35.5 Å². The van der Waals surface area contributed by atoms with Gasteiger partial charge in [-0.25, -0.2) is 5.43 Å². The van der Waals surface area contributed by atoms with E-state index in [2.05, 4.69) is 10.5 Å². The quantitative estimate of drug-likeness (QED) is 0.553. The number of nitrogens with one attached hydrogen (secondary N) is 1. The molecular formula is C20H24N2O6. The third-order valence-electron chi connectivity index (χ3n) is 4.05. The topological polar surface area (TPSA) is 87.6 Å². The third-order valence-corrected chi connectivity index (χ3v) is 4.05. The zero-order valence-corrected chi connectivity index (χ0v) is 16.8. The maximum atomic E-state index is 12.5. The molecule has 0 atom stereocenters. The van der Waals surface area contributed by atoms with E-state index in [4.69, 9.17) is 23.7 Å². The number of amides is 1. The van der Waals surface area contributed by atoms with Gasteiger partial charge in [-0.3, -0.25) is 4.79 Å². The molecule has 0 saturated carbocycles. The molecule has 8 nitrogen and oxygen atoms in total. The number of nitrogens with zero attached hydrogens (tertiary/aromatic N) is 1.